The lowest BCUT2D eigenvalue weighted by Crippen LogP contribution is -2.13. The summed E-state index contributed by atoms with van der Waals surface area (Å²) in [5, 5.41) is 6.95. The van der Waals surface area contributed by atoms with E-state index in [4.69, 9.17) is 10.9 Å². The van der Waals surface area contributed by atoms with Gasteiger partial charge in [-0.1, -0.05) is 35.3 Å². The first-order chi connectivity index (χ1) is 8.31. The number of aryl methyl sites for hydroxylation is 1. The van der Waals surface area contributed by atoms with Gasteiger partial charge in [-0.2, -0.15) is 4.98 Å². The SMILES string of the molecule is C#CCNCc1nc(-c2ccccc2C)no1. The number of hydrogen-bond donors (Lipinski definition) is 1. The molecule has 1 aromatic heterocycles. The molecule has 0 aliphatic carbocycles. The van der Waals surface area contributed by atoms with Crippen LogP contribution in [-0.2, 0) is 6.54 Å². The van der Waals surface area contributed by atoms with Gasteiger partial charge in [0.2, 0.25) is 11.7 Å². The van der Waals surface area contributed by atoms with Crippen LogP contribution in [0.4, 0.5) is 0 Å². The molecule has 0 unspecified atom stereocenters. The van der Waals surface area contributed by atoms with Crippen LogP contribution in [0.5, 0.6) is 0 Å². The number of benzene rings is 1. The van der Waals surface area contributed by atoms with E-state index in [9.17, 15) is 0 Å². The molecule has 2 rings (SSSR count). The van der Waals surface area contributed by atoms with Crippen LogP contribution in [0, 0.1) is 19.3 Å². The summed E-state index contributed by atoms with van der Waals surface area (Å²) in [6, 6.07) is 7.92. The minimum Gasteiger partial charge on any atom is -0.338 e. The summed E-state index contributed by atoms with van der Waals surface area (Å²) in [6.07, 6.45) is 5.13. The van der Waals surface area contributed by atoms with Crippen molar-refractivity contribution in [2.75, 3.05) is 6.54 Å². The number of nitrogens with zero attached hydrogens (tertiary/aromatic N) is 2. The molecule has 4 heteroatoms. The van der Waals surface area contributed by atoms with Crippen LogP contribution in [-0.4, -0.2) is 16.7 Å². The molecule has 4 nitrogen and oxygen atoms in total. The van der Waals surface area contributed by atoms with Crippen molar-refractivity contribution in [2.24, 2.45) is 0 Å². The predicted molar refractivity (Wildman–Crippen MR) is 65.0 cm³/mol. The minimum absolute atomic E-state index is 0.488. The van der Waals surface area contributed by atoms with E-state index in [-0.39, 0.29) is 0 Å². The van der Waals surface area contributed by atoms with Gasteiger partial charge in [0.15, 0.2) is 0 Å². The quantitative estimate of drug-likeness (QED) is 0.639. The summed E-state index contributed by atoms with van der Waals surface area (Å²) in [7, 11) is 0. The van der Waals surface area contributed by atoms with Crippen LogP contribution < -0.4 is 5.32 Å². The van der Waals surface area contributed by atoms with E-state index in [2.05, 4.69) is 21.4 Å². The number of terminal acetylenes is 1. The fourth-order valence-electron chi connectivity index (χ4n) is 1.50. The number of aromatic nitrogens is 2. The Balaban J connectivity index is 2.14. The Hall–Kier alpha value is -2.12. The summed E-state index contributed by atoms with van der Waals surface area (Å²) < 4.78 is 5.13. The monoisotopic (exact) mass is 227 g/mol. The third-order valence-corrected chi connectivity index (χ3v) is 2.36. The Bertz CT molecular complexity index is 540. The molecule has 1 aromatic carbocycles. The Kier molecular flexibility index (Phi) is 3.53. The lowest BCUT2D eigenvalue weighted by Gasteiger charge is -1.98. The molecule has 2 aromatic rings. The van der Waals surface area contributed by atoms with Crippen molar-refractivity contribution < 1.29 is 4.52 Å². The summed E-state index contributed by atoms with van der Waals surface area (Å²) >= 11 is 0. The molecule has 0 aliphatic heterocycles. The van der Waals surface area contributed by atoms with Gasteiger partial charge in [0.25, 0.3) is 0 Å². The number of rotatable bonds is 4. The second-order valence-electron chi connectivity index (χ2n) is 3.63. The van der Waals surface area contributed by atoms with Gasteiger partial charge in [0.05, 0.1) is 13.1 Å². The second-order valence-corrected chi connectivity index (χ2v) is 3.63. The maximum Gasteiger partial charge on any atom is 0.240 e. The molecule has 1 N–H and O–H groups in total. The van der Waals surface area contributed by atoms with Gasteiger partial charge in [-0.15, -0.1) is 6.42 Å². The molecular weight excluding hydrogens is 214 g/mol. The second kappa shape index (κ2) is 5.28. The molecule has 0 amide bonds. The maximum absolute atomic E-state index is 5.13. The zero-order valence-electron chi connectivity index (χ0n) is 9.60. The highest BCUT2D eigenvalue weighted by Crippen LogP contribution is 2.19. The van der Waals surface area contributed by atoms with E-state index in [1.54, 1.807) is 0 Å². The van der Waals surface area contributed by atoms with Gasteiger partial charge in [-0.25, -0.2) is 0 Å². The van der Waals surface area contributed by atoms with Gasteiger partial charge >= 0.3 is 0 Å². The standard InChI is InChI=1S/C13H13N3O/c1-3-8-14-9-12-15-13(16-17-12)11-7-5-4-6-10(11)2/h1,4-7,14H,8-9H2,2H3. The normalized spacial score (nSPS) is 10.1. The molecule has 1 heterocycles. The lowest BCUT2D eigenvalue weighted by atomic mass is 10.1. The Morgan fingerprint density at radius 3 is 3.00 bits per heavy atom. The molecule has 0 saturated carbocycles. The number of nitrogens with one attached hydrogen (secondary N) is 1. The first kappa shape index (κ1) is 11.4. The van der Waals surface area contributed by atoms with E-state index < -0.39 is 0 Å². The van der Waals surface area contributed by atoms with Crippen molar-refractivity contribution in [3.8, 4) is 23.7 Å². The molecule has 0 radical (unpaired) electrons. The Morgan fingerprint density at radius 1 is 1.41 bits per heavy atom. The van der Waals surface area contributed by atoms with Crippen molar-refractivity contribution in [1.29, 1.82) is 0 Å². The van der Waals surface area contributed by atoms with Gasteiger partial charge < -0.3 is 4.52 Å². The summed E-state index contributed by atoms with van der Waals surface area (Å²) in [4.78, 5) is 4.30. The molecule has 86 valence electrons. The van der Waals surface area contributed by atoms with Crippen LogP contribution in [0.25, 0.3) is 11.4 Å². The first-order valence-electron chi connectivity index (χ1n) is 5.34. The molecule has 17 heavy (non-hydrogen) atoms. The van der Waals surface area contributed by atoms with E-state index in [1.807, 2.05) is 31.2 Å². The molecule has 0 aliphatic rings. The molecule has 0 saturated heterocycles. The smallest absolute Gasteiger partial charge is 0.240 e. The van der Waals surface area contributed by atoms with Gasteiger partial charge in [0, 0.05) is 5.56 Å². The van der Waals surface area contributed by atoms with Crippen molar-refractivity contribution in [3.63, 3.8) is 0 Å². The molecular formula is C13H13N3O. The maximum atomic E-state index is 5.13. The molecule has 0 atom stereocenters. The van der Waals surface area contributed by atoms with Crippen LogP contribution in [0.2, 0.25) is 0 Å². The summed E-state index contributed by atoms with van der Waals surface area (Å²) in [6.45, 7) is 2.99. The first-order valence-corrected chi connectivity index (χ1v) is 5.34. The highest BCUT2D eigenvalue weighted by Gasteiger charge is 2.09. The van der Waals surface area contributed by atoms with Crippen LogP contribution in [0.15, 0.2) is 28.8 Å². The van der Waals surface area contributed by atoms with Crippen LogP contribution in [0.1, 0.15) is 11.5 Å². The highest BCUT2D eigenvalue weighted by atomic mass is 16.5. The van der Waals surface area contributed by atoms with Crippen molar-refractivity contribution in [2.45, 2.75) is 13.5 Å². The van der Waals surface area contributed by atoms with Gasteiger partial charge in [0.1, 0.15) is 0 Å². The molecule has 0 bridgehead atoms. The van der Waals surface area contributed by atoms with Crippen LogP contribution >= 0.6 is 0 Å². The molecule has 0 fully saturated rings. The lowest BCUT2D eigenvalue weighted by molar-refractivity contribution is 0.370. The summed E-state index contributed by atoms with van der Waals surface area (Å²) in [5.74, 6) is 3.64. The van der Waals surface area contributed by atoms with E-state index in [1.165, 1.54) is 0 Å². The average Bonchev–Trinajstić information content (AvgIpc) is 2.79. The van der Waals surface area contributed by atoms with Gasteiger partial charge in [-0.05, 0) is 12.5 Å². The third-order valence-electron chi connectivity index (χ3n) is 2.36. The average molecular weight is 227 g/mol. The Morgan fingerprint density at radius 2 is 2.24 bits per heavy atom. The summed E-state index contributed by atoms with van der Waals surface area (Å²) in [5.41, 5.74) is 2.11. The van der Waals surface area contributed by atoms with Crippen molar-refractivity contribution >= 4 is 0 Å². The zero-order valence-corrected chi connectivity index (χ0v) is 9.60. The topological polar surface area (TPSA) is 51.0 Å². The molecule has 0 spiro atoms. The minimum atomic E-state index is 0.488. The van der Waals surface area contributed by atoms with E-state index in [0.717, 1.165) is 11.1 Å². The number of hydrogen-bond acceptors (Lipinski definition) is 4. The highest BCUT2D eigenvalue weighted by molar-refractivity contribution is 5.58. The van der Waals surface area contributed by atoms with Crippen molar-refractivity contribution in [1.82, 2.24) is 15.5 Å². The Labute approximate surface area is 100 Å². The van der Waals surface area contributed by atoms with Crippen molar-refractivity contribution in [3.05, 3.63) is 35.7 Å². The fourth-order valence-corrected chi connectivity index (χ4v) is 1.50. The van der Waals surface area contributed by atoms with E-state index >= 15 is 0 Å². The largest absolute Gasteiger partial charge is 0.338 e. The van der Waals surface area contributed by atoms with Gasteiger partial charge in [-0.3, -0.25) is 5.32 Å². The van der Waals surface area contributed by atoms with E-state index in [0.29, 0.717) is 24.8 Å². The predicted octanol–water partition coefficient (Wildman–Crippen LogP) is 1.77. The zero-order chi connectivity index (χ0) is 12.1. The fraction of sp³-hybridized carbons (Fsp3) is 0.231. The third kappa shape index (κ3) is 2.71. The van der Waals surface area contributed by atoms with Crippen LogP contribution in [0.3, 0.4) is 0 Å².